The largest absolute Gasteiger partial charge is 0.497 e. The Kier molecular flexibility index (Phi) is 7.48. The van der Waals surface area contributed by atoms with E-state index in [0.717, 1.165) is 43.2 Å². The van der Waals surface area contributed by atoms with E-state index in [-0.39, 0.29) is 12.6 Å². The molecule has 1 aliphatic rings. The summed E-state index contributed by atoms with van der Waals surface area (Å²) < 4.78 is 7.19. The molecule has 0 bridgehead atoms. The summed E-state index contributed by atoms with van der Waals surface area (Å²) in [5.74, 6) is -0.495. The van der Waals surface area contributed by atoms with Crippen molar-refractivity contribution in [1.29, 1.82) is 0 Å². The molecule has 1 aliphatic heterocycles. The van der Waals surface area contributed by atoms with Gasteiger partial charge in [0.25, 0.3) is 0 Å². The Balaban J connectivity index is 1.55. The number of hydrogen-bond acceptors (Lipinski definition) is 5. The van der Waals surface area contributed by atoms with Crippen molar-refractivity contribution < 1.29 is 14.3 Å². The monoisotopic (exact) mass is 413 g/mol. The van der Waals surface area contributed by atoms with Gasteiger partial charge in [0.1, 0.15) is 5.75 Å². The molecular weight excluding hydrogens is 382 g/mol. The molecule has 2 N–H and O–H groups in total. The van der Waals surface area contributed by atoms with E-state index in [4.69, 9.17) is 4.74 Å². The van der Waals surface area contributed by atoms with Crippen LogP contribution in [0, 0.1) is 0 Å². The summed E-state index contributed by atoms with van der Waals surface area (Å²) in [6.07, 6.45) is 2.00. The molecule has 162 valence electrons. The number of piperazine rings is 1. The molecule has 1 unspecified atom stereocenters. The number of nitrogens with zero attached hydrogens (tertiary/aromatic N) is 3. The minimum atomic E-state index is -0.630. The van der Waals surface area contributed by atoms with E-state index in [0.29, 0.717) is 6.54 Å². The van der Waals surface area contributed by atoms with Gasteiger partial charge in [0.2, 0.25) is 0 Å². The lowest BCUT2D eigenvalue weighted by molar-refractivity contribution is -0.139. The van der Waals surface area contributed by atoms with Crippen LogP contribution in [0.2, 0.25) is 0 Å². The summed E-state index contributed by atoms with van der Waals surface area (Å²) in [4.78, 5) is 29.3. The van der Waals surface area contributed by atoms with Crippen molar-refractivity contribution in [3.8, 4) is 5.75 Å². The number of methoxy groups -OCH3 is 1. The van der Waals surface area contributed by atoms with Crippen LogP contribution in [0.5, 0.6) is 5.75 Å². The van der Waals surface area contributed by atoms with Crippen molar-refractivity contribution in [1.82, 2.24) is 25.0 Å². The Morgan fingerprint density at radius 2 is 1.67 bits per heavy atom. The highest BCUT2D eigenvalue weighted by Crippen LogP contribution is 2.21. The van der Waals surface area contributed by atoms with Crippen molar-refractivity contribution in [2.45, 2.75) is 12.6 Å². The zero-order valence-electron chi connectivity index (χ0n) is 17.9. The number of amides is 2. The van der Waals surface area contributed by atoms with Crippen LogP contribution in [0.15, 0.2) is 42.6 Å². The molecule has 1 aromatic heterocycles. The molecule has 1 fully saturated rings. The van der Waals surface area contributed by atoms with Crippen LogP contribution in [0.4, 0.5) is 0 Å². The Hall–Kier alpha value is -2.84. The standard InChI is InChI=1S/C22H31N5O3/c1-25-11-13-27(14-12-25)20(19-5-4-10-26(19)2)16-24-22(29)21(28)23-15-17-6-8-18(30-3)9-7-17/h4-10,20H,11-16H2,1-3H3,(H,23,28)(H,24,29). The number of aryl methyl sites for hydroxylation is 1. The highest BCUT2D eigenvalue weighted by Gasteiger charge is 2.26. The van der Waals surface area contributed by atoms with Crippen LogP contribution in [0.1, 0.15) is 17.3 Å². The number of carbonyl (C=O) groups is 2. The fourth-order valence-corrected chi connectivity index (χ4v) is 3.65. The maximum atomic E-state index is 12.4. The molecule has 2 heterocycles. The SMILES string of the molecule is COc1ccc(CNC(=O)C(=O)NCC(c2cccn2C)N2CCN(C)CC2)cc1. The van der Waals surface area contributed by atoms with Crippen molar-refractivity contribution >= 4 is 11.8 Å². The molecule has 2 amide bonds. The van der Waals surface area contributed by atoms with Gasteiger partial charge in [0, 0.05) is 58.2 Å². The minimum absolute atomic E-state index is 0.0250. The van der Waals surface area contributed by atoms with E-state index < -0.39 is 11.8 Å². The first-order valence-corrected chi connectivity index (χ1v) is 10.2. The van der Waals surface area contributed by atoms with Gasteiger partial charge in [-0.15, -0.1) is 0 Å². The van der Waals surface area contributed by atoms with Gasteiger partial charge in [-0.1, -0.05) is 12.1 Å². The number of ether oxygens (including phenoxy) is 1. The Labute approximate surface area is 177 Å². The van der Waals surface area contributed by atoms with Gasteiger partial charge in [-0.05, 0) is 36.9 Å². The Morgan fingerprint density at radius 3 is 2.27 bits per heavy atom. The number of rotatable bonds is 7. The van der Waals surface area contributed by atoms with Gasteiger partial charge in [-0.2, -0.15) is 0 Å². The number of nitrogens with one attached hydrogen (secondary N) is 2. The van der Waals surface area contributed by atoms with Crippen molar-refractivity contribution in [2.75, 3.05) is 46.9 Å². The lowest BCUT2D eigenvalue weighted by Gasteiger charge is -2.38. The highest BCUT2D eigenvalue weighted by atomic mass is 16.5. The smallest absolute Gasteiger partial charge is 0.309 e. The summed E-state index contributed by atoms with van der Waals surface area (Å²) >= 11 is 0. The Morgan fingerprint density at radius 1 is 1.00 bits per heavy atom. The topological polar surface area (TPSA) is 78.8 Å². The van der Waals surface area contributed by atoms with Gasteiger partial charge in [-0.25, -0.2) is 0 Å². The second-order valence-electron chi connectivity index (χ2n) is 7.64. The first kappa shape index (κ1) is 21.9. The molecule has 8 heteroatoms. The fraction of sp³-hybridized carbons (Fsp3) is 0.455. The van der Waals surface area contributed by atoms with E-state index in [2.05, 4.69) is 38.1 Å². The zero-order valence-corrected chi connectivity index (χ0v) is 17.9. The molecule has 30 heavy (non-hydrogen) atoms. The number of aromatic nitrogens is 1. The number of carbonyl (C=O) groups excluding carboxylic acids is 2. The number of likely N-dealkylation sites (N-methyl/N-ethyl adjacent to an activating group) is 1. The summed E-state index contributed by atoms with van der Waals surface area (Å²) in [5.41, 5.74) is 2.02. The third kappa shape index (κ3) is 5.61. The molecule has 3 rings (SSSR count). The van der Waals surface area contributed by atoms with Gasteiger partial charge >= 0.3 is 11.8 Å². The molecule has 0 aliphatic carbocycles. The Bertz CT molecular complexity index is 841. The van der Waals surface area contributed by atoms with Crippen molar-refractivity contribution in [3.05, 3.63) is 53.9 Å². The van der Waals surface area contributed by atoms with E-state index in [9.17, 15) is 9.59 Å². The summed E-state index contributed by atoms with van der Waals surface area (Å²) in [5, 5.41) is 5.50. The normalized spacial score (nSPS) is 16.1. The summed E-state index contributed by atoms with van der Waals surface area (Å²) in [7, 11) is 5.72. The van der Waals surface area contributed by atoms with Crippen molar-refractivity contribution in [2.24, 2.45) is 7.05 Å². The highest BCUT2D eigenvalue weighted by molar-refractivity contribution is 6.35. The maximum Gasteiger partial charge on any atom is 0.309 e. The predicted molar refractivity (Wildman–Crippen MR) is 115 cm³/mol. The van der Waals surface area contributed by atoms with Gasteiger partial charge in [0.05, 0.1) is 13.2 Å². The molecule has 2 aromatic rings. The zero-order chi connectivity index (χ0) is 21.5. The second kappa shape index (κ2) is 10.3. The minimum Gasteiger partial charge on any atom is -0.497 e. The summed E-state index contributed by atoms with van der Waals surface area (Å²) in [6, 6.07) is 11.5. The number of hydrogen-bond donors (Lipinski definition) is 2. The quantitative estimate of drug-likeness (QED) is 0.655. The molecule has 1 atom stereocenters. The third-order valence-electron chi connectivity index (χ3n) is 5.58. The van der Waals surface area contributed by atoms with Gasteiger partial charge < -0.3 is 24.8 Å². The van der Waals surface area contributed by atoms with Crippen LogP contribution < -0.4 is 15.4 Å². The van der Waals surface area contributed by atoms with Crippen LogP contribution in [-0.2, 0) is 23.2 Å². The van der Waals surface area contributed by atoms with Gasteiger partial charge in [-0.3, -0.25) is 14.5 Å². The fourth-order valence-electron chi connectivity index (χ4n) is 3.65. The molecule has 0 radical (unpaired) electrons. The predicted octanol–water partition coefficient (Wildman–Crippen LogP) is 0.755. The second-order valence-corrected chi connectivity index (χ2v) is 7.64. The van der Waals surface area contributed by atoms with E-state index in [1.807, 2.05) is 43.6 Å². The van der Waals surface area contributed by atoms with E-state index in [1.165, 1.54) is 0 Å². The average molecular weight is 414 g/mol. The van der Waals surface area contributed by atoms with E-state index in [1.54, 1.807) is 7.11 Å². The molecular formula is C22H31N5O3. The maximum absolute atomic E-state index is 12.4. The first-order valence-electron chi connectivity index (χ1n) is 10.2. The third-order valence-corrected chi connectivity index (χ3v) is 5.58. The van der Waals surface area contributed by atoms with E-state index >= 15 is 0 Å². The lowest BCUT2D eigenvalue weighted by Crippen LogP contribution is -2.50. The molecule has 0 saturated carbocycles. The average Bonchev–Trinajstić information content (AvgIpc) is 3.19. The van der Waals surface area contributed by atoms with Crippen LogP contribution >= 0.6 is 0 Å². The van der Waals surface area contributed by atoms with Crippen LogP contribution in [-0.4, -0.2) is 73.1 Å². The van der Waals surface area contributed by atoms with Crippen molar-refractivity contribution in [3.63, 3.8) is 0 Å². The van der Waals surface area contributed by atoms with Gasteiger partial charge in [0.15, 0.2) is 0 Å². The first-order chi connectivity index (χ1) is 14.5. The van der Waals surface area contributed by atoms with Crippen LogP contribution in [0.3, 0.4) is 0 Å². The molecule has 1 saturated heterocycles. The summed E-state index contributed by atoms with van der Waals surface area (Å²) in [6.45, 7) is 4.48. The van der Waals surface area contributed by atoms with Crippen LogP contribution in [0.25, 0.3) is 0 Å². The number of benzene rings is 1. The lowest BCUT2D eigenvalue weighted by atomic mass is 10.1. The molecule has 8 nitrogen and oxygen atoms in total. The molecule has 0 spiro atoms. The molecule has 1 aromatic carbocycles.